The molecule has 0 bridgehead atoms. The number of benzene rings is 1. The third kappa shape index (κ3) is 4.02. The van der Waals surface area contributed by atoms with Crippen molar-refractivity contribution in [2.45, 2.75) is 13.5 Å². The first-order valence-electron chi connectivity index (χ1n) is 10.2. The Morgan fingerprint density at radius 2 is 1.87 bits per heavy atom. The quantitative estimate of drug-likeness (QED) is 0.662. The number of amides is 2. The third-order valence-corrected chi connectivity index (χ3v) is 5.47. The van der Waals surface area contributed by atoms with Crippen LogP contribution in [-0.4, -0.2) is 59.4 Å². The normalized spacial score (nSPS) is 15.5. The second-order valence-electron chi connectivity index (χ2n) is 7.47. The van der Waals surface area contributed by atoms with Crippen LogP contribution in [0.2, 0.25) is 0 Å². The highest BCUT2D eigenvalue weighted by Gasteiger charge is 2.25. The molecule has 0 radical (unpaired) electrons. The molecule has 3 heterocycles. The third-order valence-electron chi connectivity index (χ3n) is 5.47. The van der Waals surface area contributed by atoms with Gasteiger partial charge >= 0.3 is 0 Å². The van der Waals surface area contributed by atoms with E-state index >= 15 is 0 Å². The summed E-state index contributed by atoms with van der Waals surface area (Å²) in [7, 11) is 2.04. The number of furan rings is 1. The molecule has 1 saturated heterocycles. The Balaban J connectivity index is 1.71. The fourth-order valence-corrected chi connectivity index (χ4v) is 3.73. The largest absolute Gasteiger partial charge is 0.459 e. The first-order valence-corrected chi connectivity index (χ1v) is 10.2. The van der Waals surface area contributed by atoms with Gasteiger partial charge in [-0.25, -0.2) is 0 Å². The van der Waals surface area contributed by atoms with Crippen molar-refractivity contribution in [1.82, 2.24) is 19.7 Å². The Kier molecular flexibility index (Phi) is 5.72. The molecule has 3 aromatic rings. The lowest BCUT2D eigenvalue weighted by atomic mass is 10.1. The standard InChI is InChI=1S/C23H26N4O3/c1-3-26-16-17(18-7-4-5-8-20(18)26)15-19(24-22(28)21-9-6-14-30-21)23(29)27-12-10-25(2)11-13-27/h4-9,14-16H,3,10-13H2,1-2H3,(H,24,28). The molecule has 0 unspecified atom stereocenters. The fourth-order valence-electron chi connectivity index (χ4n) is 3.73. The van der Waals surface area contributed by atoms with Gasteiger partial charge in [-0.3, -0.25) is 9.59 Å². The summed E-state index contributed by atoms with van der Waals surface area (Å²) in [4.78, 5) is 29.9. The first kappa shape index (κ1) is 20.0. The molecule has 1 aliphatic heterocycles. The minimum atomic E-state index is -0.437. The van der Waals surface area contributed by atoms with Crippen LogP contribution in [0.4, 0.5) is 0 Å². The van der Waals surface area contributed by atoms with Gasteiger partial charge in [0.15, 0.2) is 5.76 Å². The maximum Gasteiger partial charge on any atom is 0.291 e. The Morgan fingerprint density at radius 3 is 2.57 bits per heavy atom. The van der Waals surface area contributed by atoms with E-state index in [9.17, 15) is 9.59 Å². The van der Waals surface area contributed by atoms with Crippen molar-refractivity contribution in [2.75, 3.05) is 33.2 Å². The van der Waals surface area contributed by atoms with E-state index in [4.69, 9.17) is 4.42 Å². The minimum absolute atomic E-state index is 0.170. The average molecular weight is 406 g/mol. The Labute approximate surface area is 175 Å². The Hall–Kier alpha value is -3.32. The van der Waals surface area contributed by atoms with Gasteiger partial charge in [0.1, 0.15) is 5.70 Å². The van der Waals surface area contributed by atoms with Crippen LogP contribution < -0.4 is 5.32 Å². The van der Waals surface area contributed by atoms with Gasteiger partial charge in [0.2, 0.25) is 0 Å². The molecule has 2 amide bonds. The number of nitrogens with zero attached hydrogens (tertiary/aromatic N) is 3. The van der Waals surface area contributed by atoms with E-state index in [-0.39, 0.29) is 17.4 Å². The lowest BCUT2D eigenvalue weighted by molar-refractivity contribution is -0.128. The van der Waals surface area contributed by atoms with Crippen LogP contribution in [0.3, 0.4) is 0 Å². The molecule has 0 saturated carbocycles. The predicted molar refractivity (Wildman–Crippen MR) is 116 cm³/mol. The van der Waals surface area contributed by atoms with Crippen LogP contribution in [0.25, 0.3) is 17.0 Å². The summed E-state index contributed by atoms with van der Waals surface area (Å²) in [5.41, 5.74) is 2.24. The average Bonchev–Trinajstić information content (AvgIpc) is 3.42. The number of likely N-dealkylation sites (N-methyl/N-ethyl adjacent to an activating group) is 1. The van der Waals surface area contributed by atoms with Crippen molar-refractivity contribution in [1.29, 1.82) is 0 Å². The monoisotopic (exact) mass is 406 g/mol. The minimum Gasteiger partial charge on any atom is -0.459 e. The second kappa shape index (κ2) is 8.59. The molecule has 0 atom stereocenters. The molecule has 1 aromatic carbocycles. The SMILES string of the molecule is CCn1cc(C=C(NC(=O)c2ccco2)C(=O)N2CCN(C)CC2)c2ccccc21. The van der Waals surface area contributed by atoms with E-state index in [1.54, 1.807) is 23.1 Å². The molecule has 2 aromatic heterocycles. The lowest BCUT2D eigenvalue weighted by Crippen LogP contribution is -2.49. The van der Waals surface area contributed by atoms with Gasteiger partial charge < -0.3 is 24.1 Å². The summed E-state index contributed by atoms with van der Waals surface area (Å²) in [6, 6.07) is 11.3. The van der Waals surface area contributed by atoms with Crippen molar-refractivity contribution in [3.63, 3.8) is 0 Å². The van der Waals surface area contributed by atoms with Crippen LogP contribution in [0.15, 0.2) is 59.0 Å². The fraction of sp³-hybridized carbons (Fsp3) is 0.304. The summed E-state index contributed by atoms with van der Waals surface area (Å²) < 4.78 is 7.33. The number of carbonyl (C=O) groups excluding carboxylic acids is 2. The van der Waals surface area contributed by atoms with Crippen molar-refractivity contribution in [3.8, 4) is 0 Å². The summed E-state index contributed by atoms with van der Waals surface area (Å²) >= 11 is 0. The molecule has 1 aliphatic rings. The van der Waals surface area contributed by atoms with E-state index in [1.807, 2.05) is 31.4 Å². The number of hydrogen-bond acceptors (Lipinski definition) is 4. The van der Waals surface area contributed by atoms with E-state index in [1.165, 1.54) is 6.26 Å². The van der Waals surface area contributed by atoms with Crippen LogP contribution in [0.5, 0.6) is 0 Å². The lowest BCUT2D eigenvalue weighted by Gasteiger charge is -2.32. The predicted octanol–water partition coefficient (Wildman–Crippen LogP) is 2.80. The number of hydrogen-bond donors (Lipinski definition) is 1. The van der Waals surface area contributed by atoms with Gasteiger partial charge in [0.05, 0.1) is 6.26 Å². The van der Waals surface area contributed by atoms with Gasteiger partial charge in [-0.05, 0) is 38.2 Å². The number of aryl methyl sites for hydroxylation is 1. The molecule has 0 aliphatic carbocycles. The van der Waals surface area contributed by atoms with Crippen LogP contribution in [0, 0.1) is 0 Å². The van der Waals surface area contributed by atoms with Gasteiger partial charge in [-0.2, -0.15) is 0 Å². The van der Waals surface area contributed by atoms with E-state index in [0.717, 1.165) is 36.1 Å². The molecule has 0 spiro atoms. The van der Waals surface area contributed by atoms with Crippen LogP contribution in [-0.2, 0) is 11.3 Å². The molecule has 7 heteroatoms. The highest BCUT2D eigenvalue weighted by molar-refractivity contribution is 6.06. The highest BCUT2D eigenvalue weighted by Crippen LogP contribution is 2.24. The zero-order valence-corrected chi connectivity index (χ0v) is 17.3. The van der Waals surface area contributed by atoms with E-state index < -0.39 is 5.91 Å². The number of para-hydroxylation sites is 1. The Morgan fingerprint density at radius 1 is 1.10 bits per heavy atom. The van der Waals surface area contributed by atoms with Gasteiger partial charge in [-0.1, -0.05) is 18.2 Å². The number of rotatable bonds is 5. The Bertz CT molecular complexity index is 1070. The van der Waals surface area contributed by atoms with Gasteiger partial charge in [0.25, 0.3) is 11.8 Å². The van der Waals surface area contributed by atoms with E-state index in [0.29, 0.717) is 13.1 Å². The van der Waals surface area contributed by atoms with Gasteiger partial charge in [0, 0.05) is 55.4 Å². The van der Waals surface area contributed by atoms with Crippen molar-refractivity contribution >= 4 is 28.8 Å². The van der Waals surface area contributed by atoms with Crippen molar-refractivity contribution < 1.29 is 14.0 Å². The number of nitrogens with one attached hydrogen (secondary N) is 1. The molecule has 4 rings (SSSR count). The van der Waals surface area contributed by atoms with Crippen molar-refractivity contribution in [3.05, 3.63) is 65.9 Å². The highest BCUT2D eigenvalue weighted by atomic mass is 16.3. The molecule has 7 nitrogen and oxygen atoms in total. The van der Waals surface area contributed by atoms with Crippen LogP contribution in [0.1, 0.15) is 23.0 Å². The molecule has 1 N–H and O–H groups in total. The smallest absolute Gasteiger partial charge is 0.291 e. The maximum atomic E-state index is 13.3. The number of carbonyl (C=O) groups is 2. The number of piperazine rings is 1. The number of fused-ring (bicyclic) bond motifs is 1. The molecular formula is C23H26N4O3. The zero-order valence-electron chi connectivity index (χ0n) is 17.3. The summed E-state index contributed by atoms with van der Waals surface area (Å²) in [5.74, 6) is -0.452. The molecule has 1 fully saturated rings. The summed E-state index contributed by atoms with van der Waals surface area (Å²) in [5, 5.41) is 3.82. The van der Waals surface area contributed by atoms with Crippen LogP contribution >= 0.6 is 0 Å². The number of aromatic nitrogens is 1. The summed E-state index contributed by atoms with van der Waals surface area (Å²) in [6.45, 7) is 5.75. The zero-order chi connectivity index (χ0) is 21.1. The second-order valence-corrected chi connectivity index (χ2v) is 7.47. The summed E-state index contributed by atoms with van der Waals surface area (Å²) in [6.07, 6.45) is 5.23. The molecule has 30 heavy (non-hydrogen) atoms. The van der Waals surface area contributed by atoms with Gasteiger partial charge in [-0.15, -0.1) is 0 Å². The maximum absolute atomic E-state index is 13.3. The van der Waals surface area contributed by atoms with E-state index in [2.05, 4.69) is 27.8 Å². The molecular weight excluding hydrogens is 380 g/mol. The van der Waals surface area contributed by atoms with Crippen molar-refractivity contribution in [2.24, 2.45) is 0 Å². The molecule has 156 valence electrons. The topological polar surface area (TPSA) is 70.7 Å². The first-order chi connectivity index (χ1) is 14.6.